The normalized spacial score (nSPS) is 10.3. The molecule has 22 heavy (non-hydrogen) atoms. The number of hydrogen-bond donors (Lipinski definition) is 2. The second-order valence-electron chi connectivity index (χ2n) is 4.20. The Kier molecular flexibility index (Phi) is 5.57. The van der Waals surface area contributed by atoms with Crippen LogP contribution >= 0.6 is 11.6 Å². The third-order valence-electron chi connectivity index (χ3n) is 2.68. The van der Waals surface area contributed by atoms with Crippen molar-refractivity contribution in [3.05, 3.63) is 58.9 Å². The minimum Gasteiger partial charge on any atom is -0.504 e. The molecular formula is C15H13ClFNO4. The summed E-state index contributed by atoms with van der Waals surface area (Å²) in [5, 5.41) is 9.23. The highest BCUT2D eigenvalue weighted by atomic mass is 35.5. The quantitative estimate of drug-likeness (QED) is 0.633. The second-order valence-corrected chi connectivity index (χ2v) is 4.61. The average molecular weight is 326 g/mol. The number of rotatable bonds is 6. The van der Waals surface area contributed by atoms with Gasteiger partial charge in [-0.05, 0) is 24.3 Å². The van der Waals surface area contributed by atoms with Crippen LogP contribution in [-0.4, -0.2) is 24.2 Å². The topological polar surface area (TPSA) is 67.8 Å². The van der Waals surface area contributed by atoms with Crippen LogP contribution in [0.2, 0.25) is 5.02 Å². The predicted molar refractivity (Wildman–Crippen MR) is 78.4 cm³/mol. The molecule has 0 spiro atoms. The highest BCUT2D eigenvalue weighted by Gasteiger charge is 2.17. The van der Waals surface area contributed by atoms with Crippen molar-refractivity contribution in [2.45, 2.75) is 0 Å². The van der Waals surface area contributed by atoms with Gasteiger partial charge in [0.05, 0.1) is 10.6 Å². The van der Waals surface area contributed by atoms with E-state index in [1.807, 2.05) is 18.2 Å². The number of phenolic OH excluding ortho intramolecular Hbond substituents is 1. The fourth-order valence-electron chi connectivity index (χ4n) is 1.61. The van der Waals surface area contributed by atoms with Gasteiger partial charge < -0.3 is 9.84 Å². The third-order valence-corrected chi connectivity index (χ3v) is 2.97. The summed E-state index contributed by atoms with van der Waals surface area (Å²) in [7, 11) is 0. The number of hydroxylamine groups is 1. The molecule has 116 valence electrons. The van der Waals surface area contributed by atoms with Gasteiger partial charge in [0.1, 0.15) is 19.0 Å². The summed E-state index contributed by atoms with van der Waals surface area (Å²) in [4.78, 5) is 16.6. The largest absolute Gasteiger partial charge is 0.504 e. The molecular weight excluding hydrogens is 313 g/mol. The molecule has 0 fully saturated rings. The van der Waals surface area contributed by atoms with Gasteiger partial charge in [-0.3, -0.25) is 9.63 Å². The van der Waals surface area contributed by atoms with Gasteiger partial charge in [0.15, 0.2) is 11.6 Å². The lowest BCUT2D eigenvalue weighted by Crippen LogP contribution is -2.26. The Balaban J connectivity index is 1.78. The smallest absolute Gasteiger partial charge is 0.278 e. The van der Waals surface area contributed by atoms with Gasteiger partial charge in [-0.2, -0.15) is 0 Å². The molecule has 0 atom stereocenters. The van der Waals surface area contributed by atoms with Crippen LogP contribution in [0, 0.1) is 5.82 Å². The monoisotopic (exact) mass is 325 g/mol. The fourth-order valence-corrected chi connectivity index (χ4v) is 1.77. The van der Waals surface area contributed by atoms with Crippen LogP contribution in [0.4, 0.5) is 4.39 Å². The van der Waals surface area contributed by atoms with Crippen LogP contribution in [0.25, 0.3) is 0 Å². The fraction of sp³-hybridized carbons (Fsp3) is 0.133. The van der Waals surface area contributed by atoms with Crippen molar-refractivity contribution in [1.82, 2.24) is 5.48 Å². The number of phenols is 1. The number of carbonyl (C=O) groups is 1. The molecule has 0 aliphatic heterocycles. The van der Waals surface area contributed by atoms with Crippen molar-refractivity contribution in [2.75, 3.05) is 13.2 Å². The highest BCUT2D eigenvalue weighted by Crippen LogP contribution is 2.27. The third kappa shape index (κ3) is 4.09. The zero-order valence-corrected chi connectivity index (χ0v) is 12.1. The Morgan fingerprint density at radius 1 is 1.18 bits per heavy atom. The SMILES string of the molecule is O=C(NOCCOc1ccccc1)c1ccc(Cl)c(F)c1O. The number of ether oxygens (including phenoxy) is 1. The van der Waals surface area contributed by atoms with Crippen molar-refractivity contribution in [3.63, 3.8) is 0 Å². The van der Waals surface area contributed by atoms with E-state index in [0.29, 0.717) is 5.75 Å². The summed E-state index contributed by atoms with van der Waals surface area (Å²) in [5.41, 5.74) is 1.81. The lowest BCUT2D eigenvalue weighted by Gasteiger charge is -2.09. The maximum atomic E-state index is 13.4. The van der Waals surface area contributed by atoms with Crippen LogP contribution in [0.3, 0.4) is 0 Å². The van der Waals surface area contributed by atoms with E-state index < -0.39 is 17.5 Å². The predicted octanol–water partition coefficient (Wildman–Crippen LogP) is 2.93. The highest BCUT2D eigenvalue weighted by molar-refractivity contribution is 6.31. The minimum atomic E-state index is -1.05. The molecule has 5 nitrogen and oxygen atoms in total. The molecule has 0 unspecified atom stereocenters. The first kappa shape index (κ1) is 16.1. The number of para-hydroxylation sites is 1. The Labute approximate surface area is 131 Å². The van der Waals surface area contributed by atoms with Crippen molar-refractivity contribution >= 4 is 17.5 Å². The summed E-state index contributed by atoms with van der Waals surface area (Å²) < 4.78 is 18.7. The van der Waals surface area contributed by atoms with Crippen LogP contribution in [0.15, 0.2) is 42.5 Å². The molecule has 2 rings (SSSR count). The molecule has 0 saturated carbocycles. The number of aromatic hydroxyl groups is 1. The molecule has 0 aliphatic rings. The molecule has 2 aromatic carbocycles. The standard InChI is InChI=1S/C15H13ClFNO4/c16-12-7-6-11(14(19)13(12)17)15(20)18-22-9-8-21-10-4-2-1-3-5-10/h1-7,19H,8-9H2,(H,18,20). The van der Waals surface area contributed by atoms with E-state index >= 15 is 0 Å². The average Bonchev–Trinajstić information content (AvgIpc) is 2.53. The first-order chi connectivity index (χ1) is 10.6. The molecule has 0 bridgehead atoms. The summed E-state index contributed by atoms with van der Waals surface area (Å²) in [6.07, 6.45) is 0. The Bertz CT molecular complexity index is 651. The molecule has 2 aromatic rings. The second kappa shape index (κ2) is 7.63. The van der Waals surface area contributed by atoms with E-state index in [2.05, 4.69) is 5.48 Å². The number of nitrogens with one attached hydrogen (secondary N) is 1. The van der Waals surface area contributed by atoms with Crippen LogP contribution in [-0.2, 0) is 4.84 Å². The van der Waals surface area contributed by atoms with Crippen molar-refractivity contribution in [2.24, 2.45) is 0 Å². The van der Waals surface area contributed by atoms with Crippen LogP contribution in [0.5, 0.6) is 11.5 Å². The molecule has 0 aliphatic carbocycles. The van der Waals surface area contributed by atoms with Gasteiger partial charge in [0.2, 0.25) is 0 Å². The number of carbonyl (C=O) groups excluding carboxylic acids is 1. The van der Waals surface area contributed by atoms with E-state index in [9.17, 15) is 14.3 Å². The lowest BCUT2D eigenvalue weighted by molar-refractivity contribution is 0.0198. The van der Waals surface area contributed by atoms with Gasteiger partial charge in [0.25, 0.3) is 5.91 Å². The molecule has 0 saturated heterocycles. The zero-order chi connectivity index (χ0) is 15.9. The zero-order valence-electron chi connectivity index (χ0n) is 11.4. The Morgan fingerprint density at radius 2 is 1.91 bits per heavy atom. The van der Waals surface area contributed by atoms with Crippen molar-refractivity contribution in [1.29, 1.82) is 0 Å². The van der Waals surface area contributed by atoms with Crippen LogP contribution in [0.1, 0.15) is 10.4 Å². The summed E-state index contributed by atoms with van der Waals surface area (Å²) in [6.45, 7) is 0.294. The van der Waals surface area contributed by atoms with E-state index in [-0.39, 0.29) is 23.8 Å². The van der Waals surface area contributed by atoms with Crippen LogP contribution < -0.4 is 10.2 Å². The van der Waals surface area contributed by atoms with E-state index in [1.54, 1.807) is 12.1 Å². The number of halogens is 2. The van der Waals surface area contributed by atoms with Gasteiger partial charge >= 0.3 is 0 Å². The molecule has 1 amide bonds. The molecule has 2 N–H and O–H groups in total. The summed E-state index contributed by atoms with van der Waals surface area (Å²) >= 11 is 5.48. The van der Waals surface area contributed by atoms with Gasteiger partial charge in [-0.1, -0.05) is 29.8 Å². The number of hydrogen-bond acceptors (Lipinski definition) is 4. The molecule has 0 heterocycles. The molecule has 0 aromatic heterocycles. The van der Waals surface area contributed by atoms with Gasteiger partial charge in [-0.25, -0.2) is 9.87 Å². The van der Waals surface area contributed by atoms with Gasteiger partial charge in [0, 0.05) is 0 Å². The van der Waals surface area contributed by atoms with E-state index in [1.165, 1.54) is 12.1 Å². The lowest BCUT2D eigenvalue weighted by atomic mass is 10.2. The van der Waals surface area contributed by atoms with Crippen molar-refractivity contribution in [3.8, 4) is 11.5 Å². The first-order valence-electron chi connectivity index (χ1n) is 6.36. The maximum Gasteiger partial charge on any atom is 0.278 e. The van der Waals surface area contributed by atoms with Gasteiger partial charge in [-0.15, -0.1) is 0 Å². The number of amides is 1. The summed E-state index contributed by atoms with van der Waals surface area (Å²) in [6, 6.07) is 11.5. The van der Waals surface area contributed by atoms with E-state index in [4.69, 9.17) is 21.2 Å². The Hall–Kier alpha value is -2.31. The van der Waals surface area contributed by atoms with E-state index in [0.717, 1.165) is 0 Å². The first-order valence-corrected chi connectivity index (χ1v) is 6.74. The molecule has 0 radical (unpaired) electrons. The van der Waals surface area contributed by atoms with Crippen molar-refractivity contribution < 1.29 is 23.9 Å². The Morgan fingerprint density at radius 3 is 2.64 bits per heavy atom. The summed E-state index contributed by atoms with van der Waals surface area (Å²) in [5.74, 6) is -1.99. The molecule has 7 heteroatoms. The minimum absolute atomic E-state index is 0.0808. The number of benzene rings is 2. The maximum absolute atomic E-state index is 13.4.